The molecule has 0 aliphatic heterocycles. The molecule has 0 saturated heterocycles. The number of aromatic carboxylic acids is 1. The highest BCUT2D eigenvalue weighted by Gasteiger charge is 2.10. The number of aromatic nitrogens is 2. The molecule has 2 aromatic rings. The first-order valence-corrected chi connectivity index (χ1v) is 4.62. The molecule has 0 unspecified atom stereocenters. The number of imidazole rings is 1. The Morgan fingerprint density at radius 3 is 3.00 bits per heavy atom. The van der Waals surface area contributed by atoms with E-state index in [9.17, 15) is 4.79 Å². The molecular formula is C8H5IN2O2. The lowest BCUT2D eigenvalue weighted by molar-refractivity contribution is 0.0693. The molecule has 4 nitrogen and oxygen atoms in total. The van der Waals surface area contributed by atoms with Crippen molar-refractivity contribution in [3.05, 3.63) is 33.9 Å². The first-order valence-electron chi connectivity index (χ1n) is 3.54. The van der Waals surface area contributed by atoms with Crippen LogP contribution in [0.25, 0.3) is 5.52 Å². The second-order valence-corrected chi connectivity index (χ2v) is 3.78. The topological polar surface area (TPSA) is 54.6 Å². The fraction of sp³-hybridized carbons (Fsp3) is 0. The number of carbonyl (C=O) groups is 1. The van der Waals surface area contributed by atoms with Crippen LogP contribution in [0.3, 0.4) is 0 Å². The van der Waals surface area contributed by atoms with Gasteiger partial charge in [-0.05, 0) is 34.7 Å². The Morgan fingerprint density at radius 2 is 2.31 bits per heavy atom. The number of carboxylic acid groups (broad SMARTS) is 1. The molecule has 1 N–H and O–H groups in total. The summed E-state index contributed by atoms with van der Waals surface area (Å²) in [5.74, 6) is -0.997. The van der Waals surface area contributed by atoms with E-state index in [4.69, 9.17) is 5.11 Å². The Hall–Kier alpha value is -1.11. The van der Waals surface area contributed by atoms with Gasteiger partial charge in [-0.1, -0.05) is 0 Å². The summed E-state index contributed by atoms with van der Waals surface area (Å²) in [6, 6.07) is 3.60. The lowest BCUT2D eigenvalue weighted by atomic mass is 10.3. The minimum absolute atomic E-state index is 0.0939. The molecule has 0 spiro atoms. The van der Waals surface area contributed by atoms with E-state index in [1.165, 1.54) is 6.33 Å². The van der Waals surface area contributed by atoms with Crippen molar-refractivity contribution in [2.75, 3.05) is 0 Å². The molecule has 5 heteroatoms. The highest BCUT2D eigenvalue weighted by molar-refractivity contribution is 14.1. The summed E-state index contributed by atoms with van der Waals surface area (Å²) < 4.78 is 2.74. The quantitative estimate of drug-likeness (QED) is 0.812. The van der Waals surface area contributed by atoms with Crippen LogP contribution >= 0.6 is 22.6 Å². The van der Waals surface area contributed by atoms with Crippen molar-refractivity contribution < 1.29 is 9.90 Å². The van der Waals surface area contributed by atoms with Gasteiger partial charge in [0.2, 0.25) is 0 Å². The smallest absolute Gasteiger partial charge is 0.356 e. The van der Waals surface area contributed by atoms with Gasteiger partial charge in [-0.3, -0.25) is 0 Å². The minimum atomic E-state index is -0.997. The molecule has 0 bridgehead atoms. The van der Waals surface area contributed by atoms with Gasteiger partial charge in [0, 0.05) is 9.77 Å². The van der Waals surface area contributed by atoms with E-state index < -0.39 is 5.97 Å². The second kappa shape index (κ2) is 2.99. The zero-order chi connectivity index (χ0) is 9.42. The Balaban J connectivity index is 2.76. The molecule has 0 fully saturated rings. The third-order valence-corrected chi connectivity index (χ3v) is 2.34. The summed E-state index contributed by atoms with van der Waals surface area (Å²) in [7, 11) is 0. The van der Waals surface area contributed by atoms with E-state index >= 15 is 0 Å². The first kappa shape index (κ1) is 8.49. The van der Waals surface area contributed by atoms with E-state index in [2.05, 4.69) is 27.6 Å². The van der Waals surface area contributed by atoms with E-state index in [1.807, 2.05) is 12.3 Å². The van der Waals surface area contributed by atoms with Crippen molar-refractivity contribution in [3.8, 4) is 0 Å². The number of rotatable bonds is 1. The highest BCUT2D eigenvalue weighted by Crippen LogP contribution is 2.12. The molecule has 0 aliphatic rings. The SMILES string of the molecule is O=C(O)c1ncn2cc(I)ccc12. The molecule has 0 atom stereocenters. The van der Waals surface area contributed by atoms with Crippen LogP contribution in [0.15, 0.2) is 24.7 Å². The summed E-state index contributed by atoms with van der Waals surface area (Å²) in [5.41, 5.74) is 0.712. The average molecular weight is 288 g/mol. The van der Waals surface area contributed by atoms with Gasteiger partial charge in [0.1, 0.15) is 6.33 Å². The third kappa shape index (κ3) is 1.39. The number of fused-ring (bicyclic) bond motifs is 1. The van der Waals surface area contributed by atoms with Crippen LogP contribution < -0.4 is 0 Å². The summed E-state index contributed by atoms with van der Waals surface area (Å²) in [6.45, 7) is 0. The maximum Gasteiger partial charge on any atom is 0.356 e. The number of nitrogens with zero attached hydrogens (tertiary/aromatic N) is 2. The second-order valence-electron chi connectivity index (χ2n) is 2.54. The van der Waals surface area contributed by atoms with E-state index in [0.29, 0.717) is 5.52 Å². The predicted octanol–water partition coefficient (Wildman–Crippen LogP) is 1.64. The summed E-state index contributed by atoms with van der Waals surface area (Å²) in [4.78, 5) is 14.5. The average Bonchev–Trinajstić information content (AvgIpc) is 2.46. The number of hydrogen-bond acceptors (Lipinski definition) is 2. The fourth-order valence-corrected chi connectivity index (χ4v) is 1.62. The Kier molecular flexibility index (Phi) is 1.95. The predicted molar refractivity (Wildman–Crippen MR) is 54.9 cm³/mol. The lowest BCUT2D eigenvalue weighted by Gasteiger charge is -1.94. The molecule has 2 rings (SSSR count). The van der Waals surface area contributed by atoms with Crippen LogP contribution in [0.4, 0.5) is 0 Å². The molecule has 66 valence electrons. The van der Waals surface area contributed by atoms with Gasteiger partial charge in [-0.25, -0.2) is 9.78 Å². The standard InChI is InChI=1S/C8H5IN2O2/c9-5-1-2-6-7(8(12)13)10-4-11(6)3-5/h1-4H,(H,12,13). The van der Waals surface area contributed by atoms with Gasteiger partial charge >= 0.3 is 5.97 Å². The van der Waals surface area contributed by atoms with Crippen molar-refractivity contribution in [2.45, 2.75) is 0 Å². The molecule has 2 aromatic heterocycles. The van der Waals surface area contributed by atoms with Gasteiger partial charge < -0.3 is 9.51 Å². The number of halogens is 1. The largest absolute Gasteiger partial charge is 0.476 e. The fourth-order valence-electron chi connectivity index (χ4n) is 1.14. The van der Waals surface area contributed by atoms with Crippen molar-refractivity contribution >= 4 is 34.1 Å². The van der Waals surface area contributed by atoms with Crippen molar-refractivity contribution in [1.29, 1.82) is 0 Å². The van der Waals surface area contributed by atoms with Gasteiger partial charge in [0.15, 0.2) is 5.69 Å². The number of pyridine rings is 1. The van der Waals surface area contributed by atoms with Crippen LogP contribution in [-0.2, 0) is 0 Å². The summed E-state index contributed by atoms with van der Waals surface area (Å²) in [6.07, 6.45) is 3.33. The molecule has 0 saturated carbocycles. The van der Waals surface area contributed by atoms with Crippen molar-refractivity contribution in [1.82, 2.24) is 9.38 Å². The van der Waals surface area contributed by atoms with Gasteiger partial charge in [-0.15, -0.1) is 0 Å². The maximum atomic E-state index is 10.7. The Morgan fingerprint density at radius 1 is 1.54 bits per heavy atom. The Labute approximate surface area is 87.4 Å². The highest BCUT2D eigenvalue weighted by atomic mass is 127. The van der Waals surface area contributed by atoms with Crippen molar-refractivity contribution in [3.63, 3.8) is 0 Å². The normalized spacial score (nSPS) is 10.5. The number of hydrogen-bond donors (Lipinski definition) is 1. The summed E-state index contributed by atoms with van der Waals surface area (Å²) in [5, 5.41) is 8.76. The third-order valence-electron chi connectivity index (χ3n) is 1.70. The van der Waals surface area contributed by atoms with Crippen molar-refractivity contribution in [2.24, 2.45) is 0 Å². The molecule has 0 amide bonds. The molecule has 2 heterocycles. The molecule has 0 aliphatic carbocycles. The van der Waals surface area contributed by atoms with Gasteiger partial charge in [0.05, 0.1) is 5.52 Å². The van der Waals surface area contributed by atoms with E-state index in [0.717, 1.165) is 3.57 Å². The molecule has 13 heavy (non-hydrogen) atoms. The molecule has 0 radical (unpaired) electrons. The van der Waals surface area contributed by atoms with Gasteiger partial charge in [0.25, 0.3) is 0 Å². The van der Waals surface area contributed by atoms with Crippen LogP contribution in [0.5, 0.6) is 0 Å². The minimum Gasteiger partial charge on any atom is -0.476 e. The van der Waals surface area contributed by atoms with Crippen LogP contribution in [0, 0.1) is 3.57 Å². The lowest BCUT2D eigenvalue weighted by Crippen LogP contribution is -1.97. The van der Waals surface area contributed by atoms with Crippen LogP contribution in [0.1, 0.15) is 10.5 Å². The van der Waals surface area contributed by atoms with E-state index in [1.54, 1.807) is 10.5 Å². The van der Waals surface area contributed by atoms with Crippen LogP contribution in [0.2, 0.25) is 0 Å². The monoisotopic (exact) mass is 288 g/mol. The molecule has 0 aromatic carbocycles. The Bertz CT molecular complexity index is 478. The number of carboxylic acids is 1. The zero-order valence-electron chi connectivity index (χ0n) is 6.44. The van der Waals surface area contributed by atoms with Gasteiger partial charge in [-0.2, -0.15) is 0 Å². The van der Waals surface area contributed by atoms with Crippen LogP contribution in [-0.4, -0.2) is 20.5 Å². The molecular weight excluding hydrogens is 283 g/mol. The maximum absolute atomic E-state index is 10.7. The summed E-state index contributed by atoms with van der Waals surface area (Å²) >= 11 is 2.16. The zero-order valence-corrected chi connectivity index (χ0v) is 8.59. The van der Waals surface area contributed by atoms with E-state index in [-0.39, 0.29) is 5.69 Å². The first-order chi connectivity index (χ1) is 6.18.